The standard InChI is InChI=1S/C28H30ClFN6O2/c1-4-35(5-2)13-7-10-26(37)34-24-16-36-27(19(24)3)28(31-18-32-36)33-22-11-12-25(23(29)15-22)38-17-20-8-6-9-21(30)14-20/h6-12,14-16,18H,4-5,13,17H2,1-3H3,(H,34,37)(H,31,32,33)/b10-7+. The lowest BCUT2D eigenvalue weighted by atomic mass is 10.2. The maximum Gasteiger partial charge on any atom is 0.248 e. The minimum Gasteiger partial charge on any atom is -0.487 e. The largest absolute Gasteiger partial charge is 0.487 e. The van der Waals surface area contributed by atoms with Crippen molar-refractivity contribution in [2.24, 2.45) is 0 Å². The summed E-state index contributed by atoms with van der Waals surface area (Å²) < 4.78 is 20.8. The number of likely N-dealkylation sites (N-methyl/N-ethyl adjacent to an activating group) is 1. The number of fused-ring (bicyclic) bond motifs is 1. The Bertz CT molecular complexity index is 1450. The third-order valence-electron chi connectivity index (χ3n) is 6.09. The van der Waals surface area contributed by atoms with Crippen molar-refractivity contribution in [1.29, 1.82) is 0 Å². The number of hydrogen-bond donors (Lipinski definition) is 2. The summed E-state index contributed by atoms with van der Waals surface area (Å²) >= 11 is 6.45. The van der Waals surface area contributed by atoms with E-state index in [1.165, 1.54) is 18.5 Å². The van der Waals surface area contributed by atoms with Crippen LogP contribution in [0.1, 0.15) is 25.0 Å². The first kappa shape index (κ1) is 27.1. The van der Waals surface area contributed by atoms with E-state index >= 15 is 0 Å². The third-order valence-corrected chi connectivity index (χ3v) is 6.39. The molecule has 2 aromatic carbocycles. The highest BCUT2D eigenvalue weighted by Crippen LogP contribution is 2.32. The highest BCUT2D eigenvalue weighted by molar-refractivity contribution is 6.32. The van der Waals surface area contributed by atoms with Gasteiger partial charge in [-0.15, -0.1) is 0 Å². The van der Waals surface area contributed by atoms with Crippen LogP contribution in [-0.2, 0) is 11.4 Å². The van der Waals surface area contributed by atoms with Crippen molar-refractivity contribution < 1.29 is 13.9 Å². The van der Waals surface area contributed by atoms with E-state index in [1.54, 1.807) is 41.1 Å². The smallest absolute Gasteiger partial charge is 0.248 e. The number of aryl methyl sites for hydroxylation is 1. The van der Waals surface area contributed by atoms with Crippen molar-refractivity contribution in [3.63, 3.8) is 0 Å². The van der Waals surface area contributed by atoms with E-state index in [1.807, 2.05) is 19.1 Å². The molecule has 0 unspecified atom stereocenters. The molecule has 0 aliphatic heterocycles. The van der Waals surface area contributed by atoms with Gasteiger partial charge in [0.25, 0.3) is 0 Å². The number of benzene rings is 2. The van der Waals surface area contributed by atoms with Crippen LogP contribution in [-0.4, -0.2) is 45.0 Å². The van der Waals surface area contributed by atoms with E-state index in [0.29, 0.717) is 40.1 Å². The fourth-order valence-electron chi connectivity index (χ4n) is 3.96. The maximum atomic E-state index is 13.4. The highest BCUT2D eigenvalue weighted by Gasteiger charge is 2.15. The van der Waals surface area contributed by atoms with Crippen LogP contribution in [0, 0.1) is 12.7 Å². The molecule has 38 heavy (non-hydrogen) atoms. The molecule has 198 valence electrons. The van der Waals surface area contributed by atoms with Gasteiger partial charge < -0.3 is 20.3 Å². The van der Waals surface area contributed by atoms with Crippen molar-refractivity contribution >= 4 is 40.2 Å². The molecule has 0 spiro atoms. The fraction of sp³-hybridized carbons (Fsp3) is 0.250. The van der Waals surface area contributed by atoms with Crippen molar-refractivity contribution in [2.45, 2.75) is 27.4 Å². The van der Waals surface area contributed by atoms with Crippen molar-refractivity contribution in [1.82, 2.24) is 19.5 Å². The molecule has 4 aromatic rings. The number of nitrogens with zero attached hydrogens (tertiary/aromatic N) is 4. The van der Waals surface area contributed by atoms with Gasteiger partial charge in [-0.25, -0.2) is 13.9 Å². The predicted octanol–water partition coefficient (Wildman–Crippen LogP) is 5.99. The number of aromatic nitrogens is 3. The van der Waals surface area contributed by atoms with E-state index in [0.717, 1.165) is 24.2 Å². The highest BCUT2D eigenvalue weighted by atomic mass is 35.5. The average molecular weight is 537 g/mol. The normalized spacial score (nSPS) is 11.4. The first-order valence-electron chi connectivity index (χ1n) is 12.3. The van der Waals surface area contributed by atoms with Gasteiger partial charge in [0.1, 0.15) is 30.0 Å². The lowest BCUT2D eigenvalue weighted by Crippen LogP contribution is -2.23. The van der Waals surface area contributed by atoms with E-state index in [2.05, 4.69) is 39.5 Å². The Morgan fingerprint density at radius 1 is 1.21 bits per heavy atom. The number of anilines is 3. The molecule has 0 aliphatic rings. The maximum absolute atomic E-state index is 13.4. The van der Waals surface area contributed by atoms with Crippen LogP contribution in [0.3, 0.4) is 0 Å². The van der Waals surface area contributed by atoms with Gasteiger partial charge in [0.05, 0.1) is 16.9 Å². The fourth-order valence-corrected chi connectivity index (χ4v) is 4.20. The van der Waals surface area contributed by atoms with Gasteiger partial charge in [-0.1, -0.05) is 43.7 Å². The number of hydrogen-bond acceptors (Lipinski definition) is 6. The lowest BCUT2D eigenvalue weighted by Gasteiger charge is -2.14. The molecule has 0 fully saturated rings. The summed E-state index contributed by atoms with van der Waals surface area (Å²) in [5.41, 5.74) is 3.58. The number of carbonyl (C=O) groups is 1. The lowest BCUT2D eigenvalue weighted by molar-refractivity contribution is -0.111. The van der Waals surface area contributed by atoms with Gasteiger partial charge >= 0.3 is 0 Å². The Balaban J connectivity index is 1.46. The van der Waals surface area contributed by atoms with Crippen LogP contribution in [0.25, 0.3) is 5.52 Å². The quantitative estimate of drug-likeness (QED) is 0.229. The number of rotatable bonds is 11. The van der Waals surface area contributed by atoms with E-state index in [9.17, 15) is 9.18 Å². The van der Waals surface area contributed by atoms with Crippen LogP contribution < -0.4 is 15.4 Å². The summed E-state index contributed by atoms with van der Waals surface area (Å²) in [4.78, 5) is 19.1. The molecular weight excluding hydrogens is 507 g/mol. The summed E-state index contributed by atoms with van der Waals surface area (Å²) in [6.45, 7) is 8.84. The van der Waals surface area contributed by atoms with Gasteiger partial charge in [0.15, 0.2) is 5.82 Å². The SMILES string of the molecule is CCN(CC)C/C=C/C(=O)Nc1cn2ncnc(Nc3ccc(OCc4cccc(F)c4)c(Cl)c3)c2c1C. The first-order chi connectivity index (χ1) is 18.4. The molecule has 2 aromatic heterocycles. The summed E-state index contributed by atoms with van der Waals surface area (Å²) in [7, 11) is 0. The van der Waals surface area contributed by atoms with E-state index in [4.69, 9.17) is 16.3 Å². The first-order valence-corrected chi connectivity index (χ1v) is 12.7. The van der Waals surface area contributed by atoms with Crippen LogP contribution in [0.15, 0.2) is 67.1 Å². The molecule has 0 aliphatic carbocycles. The molecule has 2 heterocycles. The molecule has 2 N–H and O–H groups in total. The minimum atomic E-state index is -0.317. The van der Waals surface area contributed by atoms with Crippen LogP contribution in [0.4, 0.5) is 21.6 Å². The monoisotopic (exact) mass is 536 g/mol. The zero-order valence-electron chi connectivity index (χ0n) is 21.5. The Labute approximate surface area is 226 Å². The molecule has 10 heteroatoms. The second-order valence-corrected chi connectivity index (χ2v) is 9.04. The molecule has 0 bridgehead atoms. The Hall–Kier alpha value is -3.95. The molecule has 8 nitrogen and oxygen atoms in total. The van der Waals surface area contributed by atoms with Crippen molar-refractivity contribution in [2.75, 3.05) is 30.3 Å². The summed E-state index contributed by atoms with van der Waals surface area (Å²) in [5, 5.41) is 10.9. The molecular formula is C28H30ClFN6O2. The molecule has 4 rings (SSSR count). The Morgan fingerprint density at radius 2 is 2.03 bits per heavy atom. The third kappa shape index (κ3) is 6.67. The van der Waals surface area contributed by atoms with Crippen molar-refractivity contribution in [3.8, 4) is 5.75 Å². The summed E-state index contributed by atoms with van der Waals surface area (Å²) in [6.07, 6.45) is 6.59. The van der Waals surface area contributed by atoms with Gasteiger partial charge in [0.2, 0.25) is 5.91 Å². The molecule has 0 radical (unpaired) electrons. The van der Waals surface area contributed by atoms with Crippen LogP contribution in [0.5, 0.6) is 5.75 Å². The molecule has 0 saturated carbocycles. The van der Waals surface area contributed by atoms with Gasteiger partial charge in [-0.3, -0.25) is 4.79 Å². The number of amides is 1. The zero-order chi connectivity index (χ0) is 27.1. The second-order valence-electron chi connectivity index (χ2n) is 8.64. The van der Waals surface area contributed by atoms with Gasteiger partial charge in [-0.05, 0) is 55.9 Å². The van der Waals surface area contributed by atoms with Crippen LogP contribution >= 0.6 is 11.6 Å². The van der Waals surface area contributed by atoms with Crippen molar-refractivity contribution in [3.05, 3.63) is 89.1 Å². The van der Waals surface area contributed by atoms with Gasteiger partial charge in [0, 0.05) is 23.9 Å². The minimum absolute atomic E-state index is 0.194. The number of carbonyl (C=O) groups excluding carboxylic acids is 1. The van der Waals surface area contributed by atoms with E-state index in [-0.39, 0.29) is 18.3 Å². The zero-order valence-corrected chi connectivity index (χ0v) is 22.3. The van der Waals surface area contributed by atoms with Gasteiger partial charge in [-0.2, -0.15) is 5.10 Å². The molecule has 1 amide bonds. The molecule has 0 atom stereocenters. The predicted molar refractivity (Wildman–Crippen MR) is 149 cm³/mol. The number of ether oxygens (including phenoxy) is 1. The Morgan fingerprint density at radius 3 is 2.76 bits per heavy atom. The van der Waals surface area contributed by atoms with Crippen LogP contribution in [0.2, 0.25) is 5.02 Å². The number of nitrogens with one attached hydrogen (secondary N) is 2. The summed E-state index contributed by atoms with van der Waals surface area (Å²) in [6, 6.07) is 11.5. The molecule has 0 saturated heterocycles. The topological polar surface area (TPSA) is 83.8 Å². The average Bonchev–Trinajstić information content (AvgIpc) is 3.22. The van der Waals surface area contributed by atoms with E-state index < -0.39 is 0 Å². The number of halogens is 2. The Kier molecular flexibility index (Phi) is 8.93. The summed E-state index contributed by atoms with van der Waals surface area (Å²) in [5.74, 6) is 0.508. The second kappa shape index (κ2) is 12.5.